The van der Waals surface area contributed by atoms with Crippen LogP contribution in [-0.4, -0.2) is 59.4 Å². The van der Waals surface area contributed by atoms with Gasteiger partial charge in [0.25, 0.3) is 0 Å². The number of ether oxygens (including phenoxy) is 5. The minimum atomic E-state index is -0.791. The van der Waals surface area contributed by atoms with Crippen LogP contribution < -0.4 is 5.32 Å². The third kappa shape index (κ3) is 5.86. The van der Waals surface area contributed by atoms with Crippen LogP contribution >= 0.6 is 11.6 Å². The van der Waals surface area contributed by atoms with Gasteiger partial charge in [-0.1, -0.05) is 29.8 Å². The molecule has 0 amide bonds. The second-order valence-corrected chi connectivity index (χ2v) is 7.05. The fourth-order valence-corrected chi connectivity index (χ4v) is 3.60. The standard InChI is InChI=1S/C22H28ClNO7/c1-6-31-22(26)20-16(11-30-12-17(27-3)28-4)24-13(2)18(21(25)29-5)19(20)14-9-7-8-10-15(14)23/h7-10,17,19,24H,6,11-12H2,1-5H3. The van der Waals surface area contributed by atoms with Gasteiger partial charge >= 0.3 is 11.9 Å². The molecule has 0 aromatic heterocycles. The summed E-state index contributed by atoms with van der Waals surface area (Å²) in [7, 11) is 4.29. The molecule has 8 nitrogen and oxygen atoms in total. The lowest BCUT2D eigenvalue weighted by Crippen LogP contribution is -2.35. The lowest BCUT2D eigenvalue weighted by Gasteiger charge is -2.31. The molecule has 1 unspecified atom stereocenters. The maximum Gasteiger partial charge on any atom is 0.336 e. The zero-order valence-electron chi connectivity index (χ0n) is 18.3. The highest BCUT2D eigenvalue weighted by Gasteiger charge is 2.39. The molecule has 1 heterocycles. The van der Waals surface area contributed by atoms with Gasteiger partial charge in [0.15, 0.2) is 6.29 Å². The first-order valence-corrected chi connectivity index (χ1v) is 10.1. The van der Waals surface area contributed by atoms with Gasteiger partial charge in [-0.05, 0) is 25.5 Å². The summed E-state index contributed by atoms with van der Waals surface area (Å²) in [5.74, 6) is -1.95. The molecular formula is C22H28ClNO7. The lowest BCUT2D eigenvalue weighted by atomic mass is 9.80. The fourth-order valence-electron chi connectivity index (χ4n) is 3.35. The lowest BCUT2D eigenvalue weighted by molar-refractivity contribution is -0.140. The van der Waals surface area contributed by atoms with Crippen molar-refractivity contribution in [2.24, 2.45) is 0 Å². The van der Waals surface area contributed by atoms with Crippen LogP contribution in [0.25, 0.3) is 0 Å². The first-order chi connectivity index (χ1) is 14.9. The molecule has 0 spiro atoms. The number of carbonyl (C=O) groups is 2. The van der Waals surface area contributed by atoms with Crippen molar-refractivity contribution in [3.05, 3.63) is 57.4 Å². The monoisotopic (exact) mass is 453 g/mol. The minimum Gasteiger partial charge on any atom is -0.466 e. The van der Waals surface area contributed by atoms with Gasteiger partial charge < -0.3 is 29.0 Å². The highest BCUT2D eigenvalue weighted by molar-refractivity contribution is 6.31. The molecule has 0 aliphatic carbocycles. The number of hydrogen-bond acceptors (Lipinski definition) is 8. The highest BCUT2D eigenvalue weighted by atomic mass is 35.5. The van der Waals surface area contributed by atoms with Crippen molar-refractivity contribution in [1.82, 2.24) is 5.32 Å². The van der Waals surface area contributed by atoms with E-state index in [0.29, 0.717) is 22.0 Å². The Hall–Kier alpha value is -2.39. The molecule has 9 heteroatoms. The SMILES string of the molecule is CCOC(=O)C1=C(COCC(OC)OC)NC(C)=C(C(=O)OC)C1c1ccccc1Cl. The number of methoxy groups -OCH3 is 3. The molecule has 0 bridgehead atoms. The molecule has 1 N–H and O–H groups in total. The van der Waals surface area contributed by atoms with E-state index in [1.165, 1.54) is 21.3 Å². The van der Waals surface area contributed by atoms with Crippen LogP contribution in [0.1, 0.15) is 25.3 Å². The Morgan fingerprint density at radius 3 is 2.35 bits per heavy atom. The van der Waals surface area contributed by atoms with Gasteiger partial charge in [-0.25, -0.2) is 9.59 Å². The summed E-state index contributed by atoms with van der Waals surface area (Å²) in [4.78, 5) is 25.7. The van der Waals surface area contributed by atoms with E-state index in [9.17, 15) is 9.59 Å². The van der Waals surface area contributed by atoms with Gasteiger partial charge in [0.05, 0.1) is 49.7 Å². The van der Waals surface area contributed by atoms with Crippen LogP contribution in [0.4, 0.5) is 0 Å². The maximum absolute atomic E-state index is 13.0. The molecule has 1 aliphatic rings. The summed E-state index contributed by atoms with van der Waals surface area (Å²) in [6.07, 6.45) is -0.558. The van der Waals surface area contributed by atoms with Gasteiger partial charge in [0, 0.05) is 24.9 Å². The minimum absolute atomic E-state index is 0.0319. The highest BCUT2D eigenvalue weighted by Crippen LogP contribution is 2.41. The Labute approximate surface area is 187 Å². The van der Waals surface area contributed by atoms with E-state index in [0.717, 1.165) is 0 Å². The molecule has 0 fully saturated rings. The number of carbonyl (C=O) groups excluding carboxylic acids is 2. The molecular weight excluding hydrogens is 426 g/mol. The van der Waals surface area contributed by atoms with Crippen molar-refractivity contribution in [2.75, 3.05) is 41.2 Å². The zero-order valence-corrected chi connectivity index (χ0v) is 19.1. The average molecular weight is 454 g/mol. The van der Waals surface area contributed by atoms with E-state index in [1.807, 2.05) is 0 Å². The van der Waals surface area contributed by atoms with E-state index in [2.05, 4.69) is 5.32 Å². The second-order valence-electron chi connectivity index (χ2n) is 6.64. The van der Waals surface area contributed by atoms with Gasteiger partial charge in [-0.2, -0.15) is 0 Å². The molecule has 2 rings (SSSR count). The molecule has 0 saturated heterocycles. The first-order valence-electron chi connectivity index (χ1n) is 9.73. The number of allylic oxidation sites excluding steroid dienone is 1. The predicted octanol–water partition coefficient (Wildman–Crippen LogP) is 2.93. The van der Waals surface area contributed by atoms with Crippen molar-refractivity contribution in [3.63, 3.8) is 0 Å². The fraction of sp³-hybridized carbons (Fsp3) is 0.455. The number of halogens is 1. The summed E-state index contributed by atoms with van der Waals surface area (Å²) in [5.41, 5.74) is 2.07. The molecule has 1 atom stereocenters. The van der Waals surface area contributed by atoms with Gasteiger partial charge in [0.1, 0.15) is 0 Å². The Morgan fingerprint density at radius 2 is 1.77 bits per heavy atom. The van der Waals surface area contributed by atoms with E-state index in [1.54, 1.807) is 38.1 Å². The van der Waals surface area contributed by atoms with Crippen LogP contribution in [0.5, 0.6) is 0 Å². The number of dihydropyridines is 1. The Bertz CT molecular complexity index is 861. The topological polar surface area (TPSA) is 92.3 Å². The largest absolute Gasteiger partial charge is 0.466 e. The van der Waals surface area contributed by atoms with E-state index in [-0.39, 0.29) is 31.0 Å². The normalized spacial score (nSPS) is 16.4. The third-order valence-electron chi connectivity index (χ3n) is 4.79. The molecule has 0 saturated carbocycles. The van der Waals surface area contributed by atoms with Crippen LogP contribution in [0.2, 0.25) is 5.02 Å². The number of rotatable bonds is 10. The van der Waals surface area contributed by atoms with Crippen molar-refractivity contribution in [2.45, 2.75) is 26.1 Å². The van der Waals surface area contributed by atoms with E-state index in [4.69, 9.17) is 35.3 Å². The third-order valence-corrected chi connectivity index (χ3v) is 5.13. The molecule has 1 aliphatic heterocycles. The molecule has 170 valence electrons. The Balaban J connectivity index is 2.58. The molecule has 0 radical (unpaired) electrons. The van der Waals surface area contributed by atoms with Crippen LogP contribution in [-0.2, 0) is 33.3 Å². The summed E-state index contributed by atoms with van der Waals surface area (Å²) in [6.45, 7) is 3.77. The van der Waals surface area contributed by atoms with Crippen molar-refractivity contribution in [3.8, 4) is 0 Å². The summed E-state index contributed by atoms with van der Waals surface area (Å²) >= 11 is 6.46. The van der Waals surface area contributed by atoms with E-state index < -0.39 is 24.1 Å². The van der Waals surface area contributed by atoms with Crippen molar-refractivity contribution < 1.29 is 33.3 Å². The van der Waals surface area contributed by atoms with Crippen LogP contribution in [0.15, 0.2) is 46.8 Å². The zero-order chi connectivity index (χ0) is 23.0. The Kier molecular flexibility index (Phi) is 9.51. The summed E-state index contributed by atoms with van der Waals surface area (Å²) in [6, 6.07) is 7.02. The number of esters is 2. The number of benzene rings is 1. The molecule has 31 heavy (non-hydrogen) atoms. The van der Waals surface area contributed by atoms with Crippen molar-refractivity contribution in [1.29, 1.82) is 0 Å². The maximum atomic E-state index is 13.0. The van der Waals surface area contributed by atoms with Gasteiger partial charge in [-0.15, -0.1) is 0 Å². The average Bonchev–Trinajstić information content (AvgIpc) is 2.76. The van der Waals surface area contributed by atoms with Gasteiger partial charge in [0.2, 0.25) is 0 Å². The summed E-state index contributed by atoms with van der Waals surface area (Å²) in [5, 5.41) is 3.51. The summed E-state index contributed by atoms with van der Waals surface area (Å²) < 4.78 is 26.3. The first kappa shape index (κ1) is 24.9. The van der Waals surface area contributed by atoms with Crippen LogP contribution in [0, 0.1) is 0 Å². The Morgan fingerprint density at radius 1 is 1.10 bits per heavy atom. The molecule has 1 aromatic carbocycles. The second kappa shape index (κ2) is 11.9. The van der Waals surface area contributed by atoms with E-state index >= 15 is 0 Å². The molecule has 1 aromatic rings. The quantitative estimate of drug-likeness (QED) is 0.427. The predicted molar refractivity (Wildman–Crippen MR) is 114 cm³/mol. The van der Waals surface area contributed by atoms with Crippen LogP contribution in [0.3, 0.4) is 0 Å². The number of hydrogen-bond donors (Lipinski definition) is 1. The van der Waals surface area contributed by atoms with Crippen molar-refractivity contribution >= 4 is 23.5 Å². The van der Waals surface area contributed by atoms with Gasteiger partial charge in [-0.3, -0.25) is 0 Å². The number of nitrogens with one attached hydrogen (secondary N) is 1. The smallest absolute Gasteiger partial charge is 0.336 e.